The molecule has 0 radical (unpaired) electrons. The van der Waals surface area contributed by atoms with Crippen LogP contribution in [0.25, 0.3) is 34.5 Å². The van der Waals surface area contributed by atoms with Gasteiger partial charge in [-0.05, 0) is 71.3 Å². The van der Waals surface area contributed by atoms with Crippen LogP contribution in [0.1, 0.15) is 22.5 Å². The van der Waals surface area contributed by atoms with Crippen molar-refractivity contribution >= 4 is 47.0 Å². The molecule has 0 spiro atoms. The number of hydrogen-bond acceptors (Lipinski definition) is 4. The van der Waals surface area contributed by atoms with Crippen LogP contribution in [0.5, 0.6) is 0 Å². The molecule has 230 valence electrons. The van der Waals surface area contributed by atoms with Crippen LogP contribution in [0.3, 0.4) is 0 Å². The maximum absolute atomic E-state index is 14.4. The SMILES string of the molecule is COC(=O)CNc1ccc(Cn2cc(-c3ccc(Cl)cc3Cl)nc2/C=C/c2ccc(-c3cc(C(F)(F)F)ccc3F)cc2)cc1. The molecule has 11 heteroatoms. The molecular formula is C34H25Cl2F4N3O2. The van der Waals surface area contributed by atoms with Gasteiger partial charge in [-0.25, -0.2) is 9.37 Å². The number of benzene rings is 4. The summed E-state index contributed by atoms with van der Waals surface area (Å²) in [6.45, 7) is 0.510. The Kier molecular flexibility index (Phi) is 9.60. The number of nitrogens with zero attached hydrogens (tertiary/aromatic N) is 2. The number of carbonyl (C=O) groups is 1. The number of nitrogens with one attached hydrogen (secondary N) is 1. The van der Waals surface area contributed by atoms with Gasteiger partial charge >= 0.3 is 12.1 Å². The molecule has 0 aliphatic carbocycles. The first kappa shape index (κ1) is 31.8. The minimum Gasteiger partial charge on any atom is -0.468 e. The lowest BCUT2D eigenvalue weighted by Crippen LogP contribution is -2.14. The van der Waals surface area contributed by atoms with Crippen molar-refractivity contribution in [3.8, 4) is 22.4 Å². The highest BCUT2D eigenvalue weighted by molar-refractivity contribution is 6.36. The van der Waals surface area contributed by atoms with E-state index in [4.69, 9.17) is 28.2 Å². The number of carbonyl (C=O) groups excluding carboxylic acids is 1. The Bertz CT molecular complexity index is 1850. The smallest absolute Gasteiger partial charge is 0.416 e. The van der Waals surface area contributed by atoms with Gasteiger partial charge in [-0.3, -0.25) is 4.79 Å². The van der Waals surface area contributed by atoms with Gasteiger partial charge in [0.15, 0.2) is 0 Å². The Morgan fingerprint density at radius 2 is 1.67 bits per heavy atom. The summed E-state index contributed by atoms with van der Waals surface area (Å²) < 4.78 is 60.5. The van der Waals surface area contributed by atoms with Gasteiger partial charge in [0.2, 0.25) is 0 Å². The van der Waals surface area contributed by atoms with Crippen LogP contribution in [0.15, 0.2) is 91.1 Å². The van der Waals surface area contributed by atoms with Crippen LogP contribution in [0.4, 0.5) is 23.2 Å². The summed E-state index contributed by atoms with van der Waals surface area (Å²) in [5.74, 6) is -0.509. The molecule has 45 heavy (non-hydrogen) atoms. The van der Waals surface area contributed by atoms with Crippen molar-refractivity contribution in [1.82, 2.24) is 9.55 Å². The second-order valence-corrected chi connectivity index (χ2v) is 10.9. The molecule has 1 heterocycles. The number of methoxy groups -OCH3 is 1. The van der Waals surface area contributed by atoms with Crippen molar-refractivity contribution < 1.29 is 27.1 Å². The van der Waals surface area contributed by atoms with Crippen LogP contribution >= 0.6 is 23.2 Å². The van der Waals surface area contributed by atoms with Gasteiger partial charge in [0.25, 0.3) is 0 Å². The van der Waals surface area contributed by atoms with E-state index < -0.39 is 17.6 Å². The zero-order valence-corrected chi connectivity index (χ0v) is 25.2. The Hall–Kier alpha value is -4.60. The minimum absolute atomic E-state index is 0.0490. The number of anilines is 1. The van der Waals surface area contributed by atoms with Gasteiger partial charge in [-0.1, -0.05) is 65.7 Å². The van der Waals surface area contributed by atoms with E-state index in [1.165, 1.54) is 7.11 Å². The number of alkyl halides is 3. The second kappa shape index (κ2) is 13.6. The van der Waals surface area contributed by atoms with Crippen LogP contribution in [0.2, 0.25) is 10.0 Å². The molecule has 5 aromatic rings. The van der Waals surface area contributed by atoms with Gasteiger partial charge in [-0.2, -0.15) is 13.2 Å². The van der Waals surface area contributed by atoms with Crippen molar-refractivity contribution in [1.29, 1.82) is 0 Å². The zero-order chi connectivity index (χ0) is 32.1. The first-order valence-electron chi connectivity index (χ1n) is 13.6. The summed E-state index contributed by atoms with van der Waals surface area (Å²) in [4.78, 5) is 16.2. The van der Waals surface area contributed by atoms with Crippen LogP contribution < -0.4 is 5.32 Å². The van der Waals surface area contributed by atoms with Crippen molar-refractivity contribution in [3.05, 3.63) is 130 Å². The predicted octanol–water partition coefficient (Wildman–Crippen LogP) is 9.49. The number of hydrogen-bond donors (Lipinski definition) is 1. The quantitative estimate of drug-likeness (QED) is 0.127. The van der Waals surface area contributed by atoms with Crippen LogP contribution in [0, 0.1) is 5.82 Å². The maximum Gasteiger partial charge on any atom is 0.416 e. The van der Waals surface area contributed by atoms with Crippen molar-refractivity contribution in [2.75, 3.05) is 19.0 Å². The zero-order valence-electron chi connectivity index (χ0n) is 23.7. The lowest BCUT2D eigenvalue weighted by atomic mass is 10.0. The third-order valence-electron chi connectivity index (χ3n) is 6.93. The van der Waals surface area contributed by atoms with Crippen molar-refractivity contribution in [2.24, 2.45) is 0 Å². The van der Waals surface area contributed by atoms with E-state index in [-0.39, 0.29) is 18.1 Å². The fraction of sp³-hybridized carbons (Fsp3) is 0.118. The van der Waals surface area contributed by atoms with Gasteiger partial charge in [0, 0.05) is 34.6 Å². The molecule has 0 unspecified atom stereocenters. The molecule has 0 amide bonds. The third-order valence-corrected chi connectivity index (χ3v) is 7.47. The van der Waals surface area contributed by atoms with Gasteiger partial charge < -0.3 is 14.6 Å². The van der Waals surface area contributed by atoms with E-state index in [0.717, 1.165) is 35.0 Å². The molecule has 0 atom stereocenters. The molecule has 1 aromatic heterocycles. The lowest BCUT2D eigenvalue weighted by molar-refractivity contribution is -0.139. The largest absolute Gasteiger partial charge is 0.468 e. The molecule has 0 fully saturated rings. The highest BCUT2D eigenvalue weighted by Crippen LogP contribution is 2.34. The maximum atomic E-state index is 14.4. The lowest BCUT2D eigenvalue weighted by Gasteiger charge is -2.10. The van der Waals surface area contributed by atoms with E-state index in [0.29, 0.717) is 39.2 Å². The van der Waals surface area contributed by atoms with Crippen LogP contribution in [-0.4, -0.2) is 29.2 Å². The average molecular weight is 654 g/mol. The van der Waals surface area contributed by atoms with E-state index in [1.54, 1.807) is 54.6 Å². The molecular weight excluding hydrogens is 629 g/mol. The molecule has 1 N–H and O–H groups in total. The number of halogens is 6. The monoisotopic (exact) mass is 653 g/mol. The van der Waals surface area contributed by atoms with E-state index in [2.05, 4.69) is 10.1 Å². The summed E-state index contributed by atoms with van der Waals surface area (Å²) in [6, 6.07) is 21.6. The second-order valence-electron chi connectivity index (χ2n) is 10.0. The molecule has 4 aromatic carbocycles. The van der Waals surface area contributed by atoms with Gasteiger partial charge in [-0.15, -0.1) is 0 Å². The first-order valence-corrected chi connectivity index (χ1v) is 14.3. The topological polar surface area (TPSA) is 56.1 Å². The molecule has 0 bridgehead atoms. The van der Waals surface area contributed by atoms with Gasteiger partial charge in [0.05, 0.1) is 23.4 Å². The number of imidazole rings is 1. The molecule has 0 saturated carbocycles. The highest BCUT2D eigenvalue weighted by Gasteiger charge is 2.31. The Labute approximate surface area is 266 Å². The summed E-state index contributed by atoms with van der Waals surface area (Å²) in [6.07, 6.45) is 0.904. The fourth-order valence-electron chi connectivity index (χ4n) is 4.56. The Balaban J connectivity index is 1.41. The normalized spacial score (nSPS) is 11.6. The first-order chi connectivity index (χ1) is 21.5. The number of rotatable bonds is 9. The summed E-state index contributed by atoms with van der Waals surface area (Å²) in [5.41, 5.74) is 3.05. The number of esters is 1. The van der Waals surface area contributed by atoms with Gasteiger partial charge in [0.1, 0.15) is 18.2 Å². The molecule has 0 aliphatic rings. The number of aromatic nitrogens is 2. The average Bonchev–Trinajstić information content (AvgIpc) is 3.41. The van der Waals surface area contributed by atoms with Crippen molar-refractivity contribution in [3.63, 3.8) is 0 Å². The molecule has 5 nitrogen and oxygen atoms in total. The Morgan fingerprint density at radius 1 is 0.933 bits per heavy atom. The molecule has 0 saturated heterocycles. The summed E-state index contributed by atoms with van der Waals surface area (Å²) >= 11 is 12.6. The predicted molar refractivity (Wildman–Crippen MR) is 169 cm³/mol. The van der Waals surface area contributed by atoms with E-state index in [9.17, 15) is 22.4 Å². The summed E-state index contributed by atoms with van der Waals surface area (Å²) in [7, 11) is 1.33. The standard InChI is InChI=1S/C34H25Cl2F4N3O2/c1-45-33(44)18-41-26-11-4-22(5-12-26)19-43-20-31(27-13-10-25(35)17-29(27)36)42-32(43)15-6-21-2-7-23(8-3-21)28-16-24(34(38,39)40)9-14-30(28)37/h2-17,20,41H,18-19H2,1H3/b15-6+. The van der Waals surface area contributed by atoms with E-state index in [1.807, 2.05) is 35.0 Å². The minimum atomic E-state index is -4.58. The highest BCUT2D eigenvalue weighted by atomic mass is 35.5. The van der Waals surface area contributed by atoms with E-state index >= 15 is 0 Å². The van der Waals surface area contributed by atoms with Crippen molar-refractivity contribution in [2.45, 2.75) is 12.7 Å². The molecule has 0 aliphatic heterocycles. The summed E-state index contributed by atoms with van der Waals surface area (Å²) in [5, 5.41) is 3.94. The molecule has 5 rings (SSSR count). The van der Waals surface area contributed by atoms with Crippen LogP contribution in [-0.2, 0) is 22.3 Å². The third kappa shape index (κ3) is 7.92. The Morgan fingerprint density at radius 3 is 2.33 bits per heavy atom. The number of ether oxygens (including phenoxy) is 1. The fourth-order valence-corrected chi connectivity index (χ4v) is 5.06.